The van der Waals surface area contributed by atoms with Gasteiger partial charge in [0.25, 0.3) is 0 Å². The number of aromatic nitrogens is 1. The second-order valence-corrected chi connectivity index (χ2v) is 3.57. The van der Waals surface area contributed by atoms with Crippen LogP contribution in [0, 0.1) is 0 Å². The maximum Gasteiger partial charge on any atom is 0.450 e. The van der Waals surface area contributed by atoms with Gasteiger partial charge in [0, 0.05) is 6.20 Å². The molecule has 0 atom stereocenters. The summed E-state index contributed by atoms with van der Waals surface area (Å²) in [6, 6.07) is 0.496. The normalized spacial score (nSPS) is 13.5. The summed E-state index contributed by atoms with van der Waals surface area (Å²) in [7, 11) is 0. The average Bonchev–Trinajstić information content (AvgIpc) is 2.24. The molecule has 0 unspecified atom stereocenters. The topological polar surface area (TPSA) is 63.3 Å². The highest BCUT2D eigenvalue weighted by atomic mass is 35.5. The summed E-state index contributed by atoms with van der Waals surface area (Å²) in [4.78, 5) is 3.21. The zero-order chi connectivity index (χ0) is 14.8. The molecule has 0 saturated carbocycles. The van der Waals surface area contributed by atoms with Crippen LogP contribution < -0.4 is 11.2 Å². The number of hydrazone groups is 1. The van der Waals surface area contributed by atoms with E-state index in [1.807, 2.05) is 0 Å². The Balaban J connectivity index is 2.94. The maximum absolute atomic E-state index is 12.3. The largest absolute Gasteiger partial charge is 0.450 e. The quantitative estimate of drug-likeness (QED) is 0.382. The van der Waals surface area contributed by atoms with Gasteiger partial charge in [-0.2, -0.15) is 31.4 Å². The molecule has 11 heteroatoms. The number of nitrogens with two attached hydrogens (primary N) is 1. The van der Waals surface area contributed by atoms with E-state index in [0.717, 1.165) is 0 Å². The Morgan fingerprint density at radius 2 is 1.84 bits per heavy atom. The van der Waals surface area contributed by atoms with Gasteiger partial charge in [0.15, 0.2) is 5.82 Å². The number of anilines is 1. The van der Waals surface area contributed by atoms with Gasteiger partial charge in [0.05, 0.1) is 10.6 Å². The standard InChI is InChI=1S/C8H5ClF6N4/c9-4-1-3(7(10,11)12)2-17-5(4)18-19-6(16)8(13,14)15/h1-2H,(H2,16,19)(H,17,18). The van der Waals surface area contributed by atoms with Crippen molar-refractivity contribution in [3.8, 4) is 0 Å². The number of amidine groups is 1. The lowest BCUT2D eigenvalue weighted by atomic mass is 10.3. The fraction of sp³-hybridized carbons (Fsp3) is 0.250. The molecule has 0 spiro atoms. The summed E-state index contributed by atoms with van der Waals surface area (Å²) in [6.45, 7) is 0. The fourth-order valence-electron chi connectivity index (χ4n) is 0.852. The first-order valence-electron chi connectivity index (χ1n) is 4.41. The van der Waals surface area contributed by atoms with Crippen LogP contribution >= 0.6 is 11.6 Å². The van der Waals surface area contributed by atoms with Crippen LogP contribution in [-0.4, -0.2) is 17.0 Å². The summed E-state index contributed by atoms with van der Waals surface area (Å²) in [6.07, 6.45) is -9.14. The average molecular weight is 307 g/mol. The molecule has 0 amide bonds. The van der Waals surface area contributed by atoms with E-state index in [0.29, 0.717) is 12.3 Å². The monoisotopic (exact) mass is 306 g/mol. The molecule has 0 fully saturated rings. The molecule has 1 aromatic rings. The van der Waals surface area contributed by atoms with Crippen LogP contribution in [0.25, 0.3) is 0 Å². The van der Waals surface area contributed by atoms with Gasteiger partial charge < -0.3 is 5.73 Å². The number of rotatable bonds is 2. The van der Waals surface area contributed by atoms with Crippen LogP contribution in [0.1, 0.15) is 5.56 Å². The highest BCUT2D eigenvalue weighted by Crippen LogP contribution is 2.32. The third-order valence-electron chi connectivity index (χ3n) is 1.74. The number of hydrogen-bond donors (Lipinski definition) is 2. The van der Waals surface area contributed by atoms with Gasteiger partial charge in [-0.1, -0.05) is 11.6 Å². The first-order chi connectivity index (χ1) is 8.51. The zero-order valence-corrected chi connectivity index (χ0v) is 9.53. The Bertz CT molecular complexity index is 495. The van der Waals surface area contributed by atoms with Crippen molar-refractivity contribution in [1.29, 1.82) is 0 Å². The predicted octanol–water partition coefficient (Wildman–Crippen LogP) is 3.00. The summed E-state index contributed by atoms with van der Waals surface area (Å²) in [5, 5.41) is 2.16. The van der Waals surface area contributed by atoms with Crippen molar-refractivity contribution >= 4 is 23.3 Å². The zero-order valence-electron chi connectivity index (χ0n) is 8.77. The summed E-state index contributed by atoms with van der Waals surface area (Å²) < 4.78 is 72.7. The first kappa shape index (κ1) is 15.3. The van der Waals surface area contributed by atoms with Crippen molar-refractivity contribution < 1.29 is 26.3 Å². The van der Waals surface area contributed by atoms with Crippen LogP contribution in [0.3, 0.4) is 0 Å². The third-order valence-corrected chi connectivity index (χ3v) is 2.03. The minimum Gasteiger partial charge on any atom is -0.378 e. The van der Waals surface area contributed by atoms with Crippen LogP contribution in [0.5, 0.6) is 0 Å². The molecular weight excluding hydrogens is 302 g/mol. The molecule has 0 bridgehead atoms. The van der Waals surface area contributed by atoms with Crippen molar-refractivity contribution in [1.82, 2.24) is 4.98 Å². The van der Waals surface area contributed by atoms with Gasteiger partial charge >= 0.3 is 12.4 Å². The Morgan fingerprint density at radius 3 is 2.26 bits per heavy atom. The highest BCUT2D eigenvalue weighted by molar-refractivity contribution is 6.32. The second-order valence-electron chi connectivity index (χ2n) is 3.16. The number of alkyl halides is 6. The van der Waals surface area contributed by atoms with Crippen molar-refractivity contribution in [2.45, 2.75) is 12.4 Å². The van der Waals surface area contributed by atoms with Crippen molar-refractivity contribution in [3.63, 3.8) is 0 Å². The van der Waals surface area contributed by atoms with Crippen molar-refractivity contribution in [2.75, 3.05) is 5.43 Å². The number of nitrogens with one attached hydrogen (secondary N) is 1. The van der Waals surface area contributed by atoms with E-state index in [2.05, 4.69) is 15.8 Å². The molecule has 0 saturated heterocycles. The summed E-state index contributed by atoms with van der Waals surface area (Å²) >= 11 is 5.42. The molecule has 0 aliphatic heterocycles. The van der Waals surface area contributed by atoms with Gasteiger partial charge in [-0.25, -0.2) is 4.98 Å². The van der Waals surface area contributed by atoms with Gasteiger partial charge in [-0.05, 0) is 6.07 Å². The summed E-state index contributed by atoms with van der Waals surface area (Å²) in [5.41, 5.74) is 5.15. The van der Waals surface area contributed by atoms with Crippen molar-refractivity contribution in [3.05, 3.63) is 22.8 Å². The molecule has 1 rings (SSSR count). The lowest BCUT2D eigenvalue weighted by molar-refractivity contribution is -0.137. The van der Waals surface area contributed by atoms with E-state index in [1.165, 1.54) is 0 Å². The number of pyridine rings is 1. The Hall–Kier alpha value is -1.71. The molecule has 1 aromatic heterocycles. The molecule has 3 N–H and O–H groups in total. The van der Waals surface area contributed by atoms with E-state index in [-0.39, 0.29) is 0 Å². The van der Waals surface area contributed by atoms with Crippen molar-refractivity contribution in [2.24, 2.45) is 10.8 Å². The van der Waals surface area contributed by atoms with Gasteiger partial charge in [-0.15, -0.1) is 0 Å². The SMILES string of the molecule is N/C(=N\Nc1ncc(C(F)(F)F)cc1Cl)C(F)(F)F. The predicted molar refractivity (Wildman–Crippen MR) is 55.5 cm³/mol. The fourth-order valence-corrected chi connectivity index (χ4v) is 1.06. The molecule has 106 valence electrons. The Morgan fingerprint density at radius 1 is 1.26 bits per heavy atom. The molecule has 19 heavy (non-hydrogen) atoms. The number of halogens is 7. The van der Waals surface area contributed by atoms with Gasteiger partial charge in [0.2, 0.25) is 5.84 Å². The van der Waals surface area contributed by atoms with Crippen LogP contribution in [0.2, 0.25) is 5.02 Å². The molecule has 0 aliphatic rings. The molecule has 4 nitrogen and oxygen atoms in total. The maximum atomic E-state index is 12.3. The van der Waals surface area contributed by atoms with E-state index in [9.17, 15) is 26.3 Å². The van der Waals surface area contributed by atoms with Gasteiger partial charge in [0.1, 0.15) is 0 Å². The molecule has 0 radical (unpaired) electrons. The second kappa shape index (κ2) is 5.11. The Labute approximate surface area is 107 Å². The first-order valence-corrected chi connectivity index (χ1v) is 4.78. The lowest BCUT2D eigenvalue weighted by Crippen LogP contribution is -2.32. The third kappa shape index (κ3) is 4.16. The van der Waals surface area contributed by atoms with Gasteiger partial charge in [-0.3, -0.25) is 5.43 Å². The van der Waals surface area contributed by atoms with Crippen LogP contribution in [0.15, 0.2) is 17.4 Å². The van der Waals surface area contributed by atoms with Crippen LogP contribution in [0.4, 0.5) is 32.2 Å². The van der Waals surface area contributed by atoms with E-state index < -0.39 is 34.6 Å². The lowest BCUT2D eigenvalue weighted by Gasteiger charge is -2.09. The van der Waals surface area contributed by atoms with E-state index >= 15 is 0 Å². The molecule has 0 aromatic carbocycles. The highest BCUT2D eigenvalue weighted by Gasteiger charge is 2.34. The smallest absolute Gasteiger partial charge is 0.378 e. The Kier molecular flexibility index (Phi) is 4.13. The number of hydrogen-bond acceptors (Lipinski definition) is 3. The molecule has 0 aliphatic carbocycles. The molecule has 1 heterocycles. The minimum absolute atomic E-state index is 0.396. The summed E-state index contributed by atoms with van der Waals surface area (Å²) in [5.74, 6) is -2.20. The van der Waals surface area contributed by atoms with E-state index in [4.69, 9.17) is 11.6 Å². The van der Waals surface area contributed by atoms with Crippen LogP contribution in [-0.2, 0) is 6.18 Å². The van der Waals surface area contributed by atoms with E-state index in [1.54, 1.807) is 5.43 Å². The minimum atomic E-state index is -4.87. The molecular formula is C8H5ClF6N4. The number of nitrogens with zero attached hydrogens (tertiary/aromatic N) is 2.